The highest BCUT2D eigenvalue weighted by atomic mass is 79.9. The molecule has 0 bridgehead atoms. The molecule has 3 heteroatoms. The summed E-state index contributed by atoms with van der Waals surface area (Å²) in [6.07, 6.45) is 5.65. The van der Waals surface area contributed by atoms with Gasteiger partial charge in [0.2, 0.25) is 0 Å². The number of halogens is 1. The molecule has 0 aliphatic heterocycles. The second-order valence-electron chi connectivity index (χ2n) is 4.19. The second kappa shape index (κ2) is 5.97. The summed E-state index contributed by atoms with van der Waals surface area (Å²) in [5, 5.41) is 0.890. The average Bonchev–Trinajstić information content (AvgIpc) is 2.79. The average molecular weight is 301 g/mol. The number of ether oxygens (including phenoxy) is 1. The van der Waals surface area contributed by atoms with Crippen LogP contribution in [0.3, 0.4) is 0 Å². The molecule has 1 aliphatic rings. The summed E-state index contributed by atoms with van der Waals surface area (Å²) in [5.74, 6) is 2.03. The van der Waals surface area contributed by atoms with Crippen molar-refractivity contribution in [3.8, 4) is 5.75 Å². The van der Waals surface area contributed by atoms with Crippen molar-refractivity contribution in [1.82, 2.24) is 0 Å². The topological polar surface area (TPSA) is 9.23 Å². The molecule has 1 aromatic carbocycles. The molecule has 0 spiro atoms. The van der Waals surface area contributed by atoms with Crippen molar-refractivity contribution in [1.29, 1.82) is 0 Å². The minimum atomic E-state index is 0.890. The number of hydrogen-bond acceptors (Lipinski definition) is 2. The highest BCUT2D eigenvalue weighted by Gasteiger charge is 2.15. The van der Waals surface area contributed by atoms with Gasteiger partial charge in [-0.3, -0.25) is 0 Å². The largest absolute Gasteiger partial charge is 0.496 e. The van der Waals surface area contributed by atoms with Crippen molar-refractivity contribution in [3.05, 3.63) is 28.2 Å². The zero-order valence-electron chi connectivity index (χ0n) is 9.54. The first-order valence-corrected chi connectivity index (χ1v) is 7.58. The highest BCUT2D eigenvalue weighted by Crippen LogP contribution is 2.33. The second-order valence-corrected chi connectivity index (χ2v) is 6.33. The number of rotatable bonds is 4. The summed E-state index contributed by atoms with van der Waals surface area (Å²) in [5.41, 5.74) is 1.38. The van der Waals surface area contributed by atoms with Crippen molar-refractivity contribution in [2.24, 2.45) is 0 Å². The lowest BCUT2D eigenvalue weighted by Gasteiger charge is -2.10. The van der Waals surface area contributed by atoms with Gasteiger partial charge in [-0.25, -0.2) is 0 Å². The van der Waals surface area contributed by atoms with E-state index in [1.54, 1.807) is 7.11 Å². The van der Waals surface area contributed by atoms with E-state index in [0.717, 1.165) is 21.2 Å². The third-order valence-corrected chi connectivity index (χ3v) is 5.07. The first kappa shape index (κ1) is 12.3. The predicted octanol–water partition coefficient (Wildman–Crippen LogP) is 4.63. The van der Waals surface area contributed by atoms with Crippen LogP contribution in [-0.4, -0.2) is 12.4 Å². The third kappa shape index (κ3) is 3.17. The molecule has 1 aliphatic carbocycles. The minimum Gasteiger partial charge on any atom is -0.496 e. The fourth-order valence-corrected chi connectivity index (χ4v) is 3.93. The third-order valence-electron chi connectivity index (χ3n) is 3.00. The van der Waals surface area contributed by atoms with E-state index < -0.39 is 0 Å². The minimum absolute atomic E-state index is 0.890. The van der Waals surface area contributed by atoms with Crippen LogP contribution in [0.1, 0.15) is 31.2 Å². The van der Waals surface area contributed by atoms with E-state index in [1.807, 2.05) is 6.07 Å². The maximum Gasteiger partial charge on any atom is 0.133 e. The molecule has 0 amide bonds. The Morgan fingerprint density at radius 3 is 2.75 bits per heavy atom. The molecule has 0 atom stereocenters. The van der Waals surface area contributed by atoms with Crippen LogP contribution in [0.2, 0.25) is 0 Å². The molecule has 2 rings (SSSR count). The maximum atomic E-state index is 5.22. The molecule has 0 heterocycles. The molecular formula is C13H17BrOS. The fraction of sp³-hybridized carbons (Fsp3) is 0.538. The molecule has 1 aromatic rings. The Hall–Kier alpha value is -0.150. The molecule has 0 unspecified atom stereocenters. The van der Waals surface area contributed by atoms with Crippen LogP contribution in [-0.2, 0) is 5.75 Å². The first-order valence-electron chi connectivity index (χ1n) is 5.73. The molecule has 88 valence electrons. The summed E-state index contributed by atoms with van der Waals surface area (Å²) in [7, 11) is 1.70. The number of hydrogen-bond donors (Lipinski definition) is 0. The van der Waals surface area contributed by atoms with Gasteiger partial charge < -0.3 is 4.74 Å². The van der Waals surface area contributed by atoms with E-state index in [4.69, 9.17) is 4.74 Å². The molecular weight excluding hydrogens is 284 g/mol. The van der Waals surface area contributed by atoms with Crippen molar-refractivity contribution in [2.75, 3.05) is 7.11 Å². The number of thioether (sulfide) groups is 1. The Balaban J connectivity index is 1.91. The molecule has 1 fully saturated rings. The van der Waals surface area contributed by atoms with Crippen molar-refractivity contribution < 1.29 is 4.74 Å². The van der Waals surface area contributed by atoms with Crippen LogP contribution in [0.4, 0.5) is 0 Å². The highest BCUT2D eigenvalue weighted by molar-refractivity contribution is 9.10. The first-order chi connectivity index (χ1) is 7.79. The molecule has 0 aromatic heterocycles. The van der Waals surface area contributed by atoms with E-state index in [-0.39, 0.29) is 0 Å². The van der Waals surface area contributed by atoms with Crippen LogP contribution < -0.4 is 4.74 Å². The normalized spacial score (nSPS) is 16.6. The van der Waals surface area contributed by atoms with Gasteiger partial charge in [-0.1, -0.05) is 18.9 Å². The van der Waals surface area contributed by atoms with Gasteiger partial charge in [0.05, 0.1) is 11.6 Å². The van der Waals surface area contributed by atoms with Gasteiger partial charge in [0.15, 0.2) is 0 Å². The van der Waals surface area contributed by atoms with Gasteiger partial charge in [-0.05, 0) is 46.5 Å². The monoisotopic (exact) mass is 300 g/mol. The molecule has 16 heavy (non-hydrogen) atoms. The van der Waals surface area contributed by atoms with Gasteiger partial charge in [0, 0.05) is 11.0 Å². The Bertz CT molecular complexity index is 348. The van der Waals surface area contributed by atoms with E-state index in [0.29, 0.717) is 0 Å². The summed E-state index contributed by atoms with van der Waals surface area (Å²) >= 11 is 5.62. The zero-order chi connectivity index (χ0) is 11.4. The van der Waals surface area contributed by atoms with Crippen molar-refractivity contribution >= 4 is 27.7 Å². The molecule has 0 N–H and O–H groups in total. The van der Waals surface area contributed by atoms with Crippen LogP contribution in [0.25, 0.3) is 0 Å². The fourth-order valence-electron chi connectivity index (χ4n) is 2.07. The summed E-state index contributed by atoms with van der Waals surface area (Å²) < 4.78 is 6.28. The van der Waals surface area contributed by atoms with Gasteiger partial charge in [-0.2, -0.15) is 11.8 Å². The Labute approximate surface area is 110 Å². The molecule has 0 saturated heterocycles. The summed E-state index contributed by atoms with van der Waals surface area (Å²) in [6, 6.07) is 6.36. The van der Waals surface area contributed by atoms with Gasteiger partial charge in [-0.15, -0.1) is 0 Å². The van der Waals surface area contributed by atoms with Crippen LogP contribution in [0, 0.1) is 0 Å². The smallest absolute Gasteiger partial charge is 0.133 e. The van der Waals surface area contributed by atoms with E-state index in [2.05, 4.69) is 39.8 Å². The molecule has 1 saturated carbocycles. The standard InChI is InChI=1S/C13H17BrOS/c1-15-13-7-6-10(8-12(13)14)9-16-11-4-2-3-5-11/h6-8,11H,2-5,9H2,1H3. The quantitative estimate of drug-likeness (QED) is 0.801. The lowest BCUT2D eigenvalue weighted by atomic mass is 10.2. The Kier molecular flexibility index (Phi) is 4.59. The van der Waals surface area contributed by atoms with Crippen molar-refractivity contribution in [2.45, 2.75) is 36.7 Å². The maximum absolute atomic E-state index is 5.22. The zero-order valence-corrected chi connectivity index (χ0v) is 11.9. The van der Waals surface area contributed by atoms with E-state index >= 15 is 0 Å². The molecule has 1 nitrogen and oxygen atoms in total. The van der Waals surface area contributed by atoms with E-state index in [9.17, 15) is 0 Å². The number of benzene rings is 1. The molecule has 0 radical (unpaired) electrons. The van der Waals surface area contributed by atoms with Crippen LogP contribution in [0.5, 0.6) is 5.75 Å². The van der Waals surface area contributed by atoms with Crippen LogP contribution in [0.15, 0.2) is 22.7 Å². The SMILES string of the molecule is COc1ccc(CSC2CCCC2)cc1Br. The summed E-state index contributed by atoms with van der Waals surface area (Å²) in [6.45, 7) is 0. The van der Waals surface area contributed by atoms with Crippen LogP contribution >= 0.6 is 27.7 Å². The van der Waals surface area contributed by atoms with Gasteiger partial charge >= 0.3 is 0 Å². The van der Waals surface area contributed by atoms with Gasteiger partial charge in [0.25, 0.3) is 0 Å². The lowest BCUT2D eigenvalue weighted by molar-refractivity contribution is 0.412. The summed E-state index contributed by atoms with van der Waals surface area (Å²) in [4.78, 5) is 0. The van der Waals surface area contributed by atoms with E-state index in [1.165, 1.54) is 31.2 Å². The van der Waals surface area contributed by atoms with Crippen molar-refractivity contribution in [3.63, 3.8) is 0 Å². The predicted molar refractivity (Wildman–Crippen MR) is 74.2 cm³/mol. The lowest BCUT2D eigenvalue weighted by Crippen LogP contribution is -1.95. The Morgan fingerprint density at radius 1 is 1.38 bits per heavy atom. The van der Waals surface area contributed by atoms with Gasteiger partial charge in [0.1, 0.15) is 5.75 Å². The number of methoxy groups -OCH3 is 1. The Morgan fingerprint density at radius 2 is 2.12 bits per heavy atom.